The van der Waals surface area contributed by atoms with Crippen molar-refractivity contribution in [2.45, 2.75) is 32.4 Å². The second-order valence-corrected chi connectivity index (χ2v) is 4.52. The first-order chi connectivity index (χ1) is 8.29. The van der Waals surface area contributed by atoms with Gasteiger partial charge in [0, 0.05) is 31.9 Å². The summed E-state index contributed by atoms with van der Waals surface area (Å²) in [6.07, 6.45) is 2.65. The average Bonchev–Trinajstić information content (AvgIpc) is 3.12. The van der Waals surface area contributed by atoms with E-state index in [2.05, 4.69) is 28.6 Å². The van der Waals surface area contributed by atoms with Crippen LogP contribution in [0.2, 0.25) is 0 Å². The van der Waals surface area contributed by atoms with Crippen molar-refractivity contribution in [1.82, 2.24) is 10.3 Å². The molecule has 0 aromatic carbocycles. The van der Waals surface area contributed by atoms with E-state index >= 15 is 0 Å². The summed E-state index contributed by atoms with van der Waals surface area (Å²) in [5.74, 6) is 0.926. The van der Waals surface area contributed by atoms with Crippen molar-refractivity contribution >= 4 is 5.82 Å². The smallest absolute Gasteiger partial charge is 0.126 e. The molecular weight excluding hydrogens is 214 g/mol. The van der Waals surface area contributed by atoms with Crippen molar-refractivity contribution < 1.29 is 4.74 Å². The number of hydrogen-bond donors (Lipinski definition) is 2. The lowest BCUT2D eigenvalue weighted by Gasteiger charge is -2.10. The number of anilines is 1. The van der Waals surface area contributed by atoms with Crippen molar-refractivity contribution in [1.29, 1.82) is 0 Å². The van der Waals surface area contributed by atoms with Gasteiger partial charge in [-0.15, -0.1) is 0 Å². The van der Waals surface area contributed by atoms with E-state index in [0.29, 0.717) is 6.61 Å². The van der Waals surface area contributed by atoms with E-state index in [4.69, 9.17) is 4.74 Å². The summed E-state index contributed by atoms with van der Waals surface area (Å²) in [5.41, 5.74) is 2.38. The fourth-order valence-electron chi connectivity index (χ4n) is 1.70. The van der Waals surface area contributed by atoms with Crippen molar-refractivity contribution in [3.8, 4) is 0 Å². The average molecular weight is 235 g/mol. The maximum atomic E-state index is 4.99. The van der Waals surface area contributed by atoms with Crippen LogP contribution in [0.4, 0.5) is 5.82 Å². The third-order valence-electron chi connectivity index (χ3n) is 2.97. The third-order valence-corrected chi connectivity index (χ3v) is 2.97. The zero-order valence-corrected chi connectivity index (χ0v) is 10.6. The number of ether oxygens (including phenoxy) is 1. The highest BCUT2D eigenvalue weighted by molar-refractivity contribution is 5.38. The lowest BCUT2D eigenvalue weighted by atomic mass is 10.2. The molecule has 0 atom stereocenters. The molecule has 1 aromatic heterocycles. The Morgan fingerprint density at radius 1 is 1.41 bits per heavy atom. The predicted octanol–water partition coefficient (Wildman–Crippen LogP) is 1.70. The Morgan fingerprint density at radius 3 is 2.88 bits per heavy atom. The molecule has 0 radical (unpaired) electrons. The zero-order valence-electron chi connectivity index (χ0n) is 10.6. The van der Waals surface area contributed by atoms with Crippen LogP contribution in [0.3, 0.4) is 0 Å². The first-order valence-corrected chi connectivity index (χ1v) is 6.22. The molecule has 94 valence electrons. The van der Waals surface area contributed by atoms with Gasteiger partial charge < -0.3 is 15.4 Å². The maximum Gasteiger partial charge on any atom is 0.126 e. The van der Waals surface area contributed by atoms with Gasteiger partial charge in [0.2, 0.25) is 0 Å². The maximum absolute atomic E-state index is 4.99. The van der Waals surface area contributed by atoms with E-state index in [0.717, 1.165) is 30.6 Å². The molecule has 0 unspecified atom stereocenters. The first-order valence-electron chi connectivity index (χ1n) is 6.22. The summed E-state index contributed by atoms with van der Waals surface area (Å²) in [7, 11) is 1.70. The Labute approximate surface area is 103 Å². The van der Waals surface area contributed by atoms with Crippen LogP contribution in [0.25, 0.3) is 0 Å². The molecular formula is C13H21N3O. The second-order valence-electron chi connectivity index (χ2n) is 4.52. The van der Waals surface area contributed by atoms with Crippen LogP contribution in [-0.2, 0) is 11.3 Å². The summed E-state index contributed by atoms with van der Waals surface area (Å²) in [6, 6.07) is 4.92. The molecule has 0 saturated heterocycles. The van der Waals surface area contributed by atoms with Gasteiger partial charge in [-0.1, -0.05) is 6.07 Å². The van der Waals surface area contributed by atoms with E-state index in [-0.39, 0.29) is 0 Å². The minimum absolute atomic E-state index is 0.700. The van der Waals surface area contributed by atoms with Crippen LogP contribution in [0.15, 0.2) is 12.1 Å². The minimum atomic E-state index is 0.700. The van der Waals surface area contributed by atoms with Gasteiger partial charge >= 0.3 is 0 Å². The van der Waals surface area contributed by atoms with Crippen LogP contribution in [0.5, 0.6) is 0 Å². The molecule has 1 fully saturated rings. The Bertz CT molecular complexity index is 364. The normalized spacial score (nSPS) is 14.9. The van der Waals surface area contributed by atoms with Crippen LogP contribution in [-0.4, -0.2) is 31.3 Å². The summed E-state index contributed by atoms with van der Waals surface area (Å²) < 4.78 is 4.99. The molecule has 1 aromatic rings. The fourth-order valence-corrected chi connectivity index (χ4v) is 1.70. The molecule has 0 spiro atoms. The fraction of sp³-hybridized carbons (Fsp3) is 0.615. The second kappa shape index (κ2) is 5.98. The molecule has 1 heterocycles. The predicted molar refractivity (Wildman–Crippen MR) is 69.2 cm³/mol. The van der Waals surface area contributed by atoms with Crippen molar-refractivity contribution in [3.05, 3.63) is 23.4 Å². The molecule has 4 nitrogen and oxygen atoms in total. The number of methoxy groups -OCH3 is 1. The van der Waals surface area contributed by atoms with Gasteiger partial charge in [-0.25, -0.2) is 4.98 Å². The molecule has 1 aliphatic carbocycles. The van der Waals surface area contributed by atoms with Crippen molar-refractivity contribution in [3.63, 3.8) is 0 Å². The quantitative estimate of drug-likeness (QED) is 0.706. The highest BCUT2D eigenvalue weighted by Crippen LogP contribution is 2.20. The molecule has 1 aliphatic rings. The largest absolute Gasteiger partial charge is 0.383 e. The lowest BCUT2D eigenvalue weighted by Crippen LogP contribution is -2.17. The van der Waals surface area contributed by atoms with E-state index in [1.54, 1.807) is 7.11 Å². The van der Waals surface area contributed by atoms with Crippen LogP contribution in [0.1, 0.15) is 24.1 Å². The van der Waals surface area contributed by atoms with Crippen LogP contribution >= 0.6 is 0 Å². The number of nitrogens with zero attached hydrogens (tertiary/aromatic N) is 1. The molecule has 4 heteroatoms. The standard InChI is InChI=1S/C13H21N3O/c1-10-11(9-15-12-4-5-12)3-6-13(16-10)14-7-8-17-2/h3,6,12,15H,4-5,7-9H2,1-2H3,(H,14,16). The van der Waals surface area contributed by atoms with Gasteiger partial charge in [0.25, 0.3) is 0 Å². The Kier molecular flexibility index (Phi) is 4.34. The van der Waals surface area contributed by atoms with Gasteiger partial charge in [0.15, 0.2) is 0 Å². The molecule has 2 N–H and O–H groups in total. The summed E-state index contributed by atoms with van der Waals surface area (Å²) in [4.78, 5) is 4.54. The van der Waals surface area contributed by atoms with E-state index in [9.17, 15) is 0 Å². The highest BCUT2D eigenvalue weighted by atomic mass is 16.5. The van der Waals surface area contributed by atoms with Crippen molar-refractivity contribution in [2.24, 2.45) is 0 Å². The topological polar surface area (TPSA) is 46.2 Å². The first kappa shape index (κ1) is 12.3. The van der Waals surface area contributed by atoms with E-state index in [1.807, 2.05) is 6.07 Å². The van der Waals surface area contributed by atoms with E-state index in [1.165, 1.54) is 18.4 Å². The van der Waals surface area contributed by atoms with Gasteiger partial charge in [0.1, 0.15) is 5.82 Å². The highest BCUT2D eigenvalue weighted by Gasteiger charge is 2.20. The molecule has 17 heavy (non-hydrogen) atoms. The number of rotatable bonds is 7. The van der Waals surface area contributed by atoms with Crippen molar-refractivity contribution in [2.75, 3.05) is 25.6 Å². The Hall–Kier alpha value is -1.13. The summed E-state index contributed by atoms with van der Waals surface area (Å²) in [6.45, 7) is 4.49. The van der Waals surface area contributed by atoms with Gasteiger partial charge in [-0.3, -0.25) is 0 Å². The Balaban J connectivity index is 1.85. The molecule has 0 bridgehead atoms. The van der Waals surface area contributed by atoms with Crippen LogP contribution in [0, 0.1) is 6.92 Å². The zero-order chi connectivity index (χ0) is 12.1. The summed E-state index contributed by atoms with van der Waals surface area (Å²) >= 11 is 0. The third kappa shape index (κ3) is 3.98. The SMILES string of the molecule is COCCNc1ccc(CNC2CC2)c(C)n1. The van der Waals surface area contributed by atoms with E-state index < -0.39 is 0 Å². The minimum Gasteiger partial charge on any atom is -0.383 e. The van der Waals surface area contributed by atoms with Gasteiger partial charge in [0.05, 0.1) is 6.61 Å². The molecule has 0 amide bonds. The molecule has 2 rings (SSSR count). The number of nitrogens with one attached hydrogen (secondary N) is 2. The molecule has 1 saturated carbocycles. The number of pyridine rings is 1. The summed E-state index contributed by atoms with van der Waals surface area (Å²) in [5, 5.41) is 6.74. The van der Waals surface area contributed by atoms with Crippen LogP contribution < -0.4 is 10.6 Å². The Morgan fingerprint density at radius 2 is 2.24 bits per heavy atom. The monoisotopic (exact) mass is 235 g/mol. The lowest BCUT2D eigenvalue weighted by molar-refractivity contribution is 0.210. The number of hydrogen-bond acceptors (Lipinski definition) is 4. The number of aryl methyl sites for hydroxylation is 1. The molecule has 0 aliphatic heterocycles. The van der Waals surface area contributed by atoms with Gasteiger partial charge in [-0.2, -0.15) is 0 Å². The number of aromatic nitrogens is 1. The van der Waals surface area contributed by atoms with Gasteiger partial charge in [-0.05, 0) is 31.4 Å².